The molecule has 1 aromatic heterocycles. The van der Waals surface area contributed by atoms with Crippen molar-refractivity contribution in [2.45, 2.75) is 232 Å². The first-order chi connectivity index (χ1) is 23.3. The molecule has 2 aromatic rings. The van der Waals surface area contributed by atoms with E-state index in [4.69, 9.17) is 0 Å². The van der Waals surface area contributed by atoms with Crippen molar-refractivity contribution in [1.82, 2.24) is 4.57 Å². The van der Waals surface area contributed by atoms with Crippen LogP contribution in [0, 0.1) is 0 Å². The molecule has 0 saturated heterocycles. The lowest BCUT2D eigenvalue weighted by atomic mass is 10.0. The molecule has 270 valence electrons. The fourth-order valence-corrected chi connectivity index (χ4v) is 7.42. The summed E-state index contributed by atoms with van der Waals surface area (Å²) in [6.07, 6.45) is 50.0. The summed E-state index contributed by atoms with van der Waals surface area (Å²) in [5.41, 5.74) is 1.47. The zero-order chi connectivity index (χ0) is 33.3. The Morgan fingerprint density at radius 3 is 1.28 bits per heavy atom. The first-order valence-electron chi connectivity index (χ1n) is 21.5. The Kier molecular flexibility index (Phi) is 28.0. The summed E-state index contributed by atoms with van der Waals surface area (Å²) < 4.78 is 5.21. The third-order valence-corrected chi connectivity index (χ3v) is 10.6. The summed E-state index contributed by atoms with van der Waals surface area (Å²) in [4.78, 5) is 0. The number of benzene rings is 1. The van der Waals surface area contributed by atoms with Crippen molar-refractivity contribution in [3.05, 3.63) is 54.1 Å². The van der Waals surface area contributed by atoms with Crippen LogP contribution < -0.4 is 4.57 Å². The van der Waals surface area contributed by atoms with Gasteiger partial charge >= 0.3 is 0 Å². The quantitative estimate of drug-likeness (QED) is 0.0519. The van der Waals surface area contributed by atoms with Crippen LogP contribution in [0.15, 0.2) is 42.7 Å². The van der Waals surface area contributed by atoms with Crippen LogP contribution in [-0.2, 0) is 25.9 Å². The maximum atomic E-state index is 2.62. The molecular formula is C45H81N2+. The van der Waals surface area contributed by atoms with Crippen LogP contribution in [0.4, 0.5) is 0 Å². The fourth-order valence-electron chi connectivity index (χ4n) is 7.42. The average molecular weight is 650 g/mol. The van der Waals surface area contributed by atoms with Crippen LogP contribution in [0.1, 0.15) is 218 Å². The lowest BCUT2D eigenvalue weighted by Gasteiger charge is -2.07. The molecule has 1 aromatic carbocycles. The standard InChI is InChI=1S/C45H81N2/c1-3-5-7-9-11-13-15-17-19-20-22-24-26-28-33-39-45-46(42-43-47(45)41-35-38-44-36-31-30-32-37-44)40-34-29-27-25-23-21-18-16-14-12-10-8-6-4-2/h30-32,36-37,42-43H,3-29,33-35,38-41H2,1-2H3/q+1. The molecule has 2 nitrogen and oxygen atoms in total. The summed E-state index contributed by atoms with van der Waals surface area (Å²) in [6.45, 7) is 6.97. The van der Waals surface area contributed by atoms with E-state index in [1.165, 1.54) is 218 Å². The molecule has 0 aliphatic rings. The number of imidazole rings is 1. The molecule has 0 unspecified atom stereocenters. The molecule has 0 atom stereocenters. The third kappa shape index (κ3) is 23.4. The maximum absolute atomic E-state index is 2.62. The minimum atomic E-state index is 1.15. The van der Waals surface area contributed by atoms with Gasteiger partial charge in [0.25, 0.3) is 5.82 Å². The van der Waals surface area contributed by atoms with Crippen LogP contribution in [0.25, 0.3) is 0 Å². The molecule has 47 heavy (non-hydrogen) atoms. The molecule has 0 aliphatic carbocycles. The fraction of sp³-hybridized carbons (Fsp3) is 0.800. The number of aryl methyl sites for hydroxylation is 3. The van der Waals surface area contributed by atoms with Crippen molar-refractivity contribution < 1.29 is 4.57 Å². The minimum absolute atomic E-state index is 1.15. The van der Waals surface area contributed by atoms with Gasteiger partial charge in [-0.25, -0.2) is 9.13 Å². The van der Waals surface area contributed by atoms with Gasteiger partial charge in [0.15, 0.2) is 0 Å². The van der Waals surface area contributed by atoms with E-state index in [-0.39, 0.29) is 0 Å². The van der Waals surface area contributed by atoms with Gasteiger partial charge in [0.05, 0.1) is 13.1 Å². The lowest BCUT2D eigenvalue weighted by molar-refractivity contribution is -0.704. The number of unbranched alkanes of at least 4 members (excludes halogenated alkanes) is 27. The van der Waals surface area contributed by atoms with Gasteiger partial charge < -0.3 is 0 Å². The van der Waals surface area contributed by atoms with Crippen molar-refractivity contribution in [2.24, 2.45) is 0 Å². The molecular weight excluding hydrogens is 569 g/mol. The van der Waals surface area contributed by atoms with Crippen molar-refractivity contribution in [2.75, 3.05) is 0 Å². The number of nitrogens with zero attached hydrogens (tertiary/aromatic N) is 2. The second kappa shape index (κ2) is 31.7. The molecule has 2 rings (SSSR count). The van der Waals surface area contributed by atoms with Gasteiger partial charge in [-0.15, -0.1) is 0 Å². The van der Waals surface area contributed by atoms with E-state index in [0.717, 1.165) is 6.54 Å². The summed E-state index contributed by atoms with van der Waals surface area (Å²) in [5.74, 6) is 1.59. The number of hydrogen-bond acceptors (Lipinski definition) is 0. The Balaban J connectivity index is 1.59. The molecule has 0 aliphatic heterocycles. The second-order valence-electron chi connectivity index (χ2n) is 15.0. The van der Waals surface area contributed by atoms with Crippen LogP contribution in [0.5, 0.6) is 0 Å². The maximum Gasteiger partial charge on any atom is 0.256 e. The molecule has 0 bridgehead atoms. The number of rotatable bonds is 35. The second-order valence-corrected chi connectivity index (χ2v) is 15.0. The molecule has 0 N–H and O–H groups in total. The first kappa shape index (κ1) is 41.6. The summed E-state index contributed by atoms with van der Waals surface area (Å²) >= 11 is 0. The van der Waals surface area contributed by atoms with E-state index in [0.29, 0.717) is 0 Å². The third-order valence-electron chi connectivity index (χ3n) is 10.6. The van der Waals surface area contributed by atoms with Gasteiger partial charge in [0.2, 0.25) is 0 Å². The molecule has 0 fully saturated rings. The first-order valence-corrected chi connectivity index (χ1v) is 21.5. The lowest BCUT2D eigenvalue weighted by Crippen LogP contribution is -2.37. The molecule has 2 heteroatoms. The SMILES string of the molecule is CCCCCCCCCCCCCCCCCc1n(CCCCCCCCCCCCCCCC)cc[n+]1CCCc1ccccc1. The summed E-state index contributed by atoms with van der Waals surface area (Å²) in [5, 5.41) is 0. The van der Waals surface area contributed by atoms with E-state index < -0.39 is 0 Å². The Labute approximate surface area is 294 Å². The summed E-state index contributed by atoms with van der Waals surface area (Å²) in [6, 6.07) is 11.0. The van der Waals surface area contributed by atoms with Gasteiger partial charge in [-0.2, -0.15) is 0 Å². The molecule has 0 saturated carbocycles. The minimum Gasteiger partial charge on any atom is -0.234 e. The Bertz CT molecular complexity index is 900. The van der Waals surface area contributed by atoms with Crippen molar-refractivity contribution in [3.8, 4) is 0 Å². The zero-order valence-electron chi connectivity index (χ0n) is 32.0. The van der Waals surface area contributed by atoms with E-state index >= 15 is 0 Å². The molecule has 0 radical (unpaired) electrons. The normalized spacial score (nSPS) is 11.5. The van der Waals surface area contributed by atoms with E-state index in [9.17, 15) is 0 Å². The highest BCUT2D eigenvalue weighted by Gasteiger charge is 2.16. The Hall–Kier alpha value is -1.57. The van der Waals surface area contributed by atoms with Gasteiger partial charge in [0, 0.05) is 6.42 Å². The monoisotopic (exact) mass is 650 g/mol. The van der Waals surface area contributed by atoms with Gasteiger partial charge in [-0.1, -0.05) is 211 Å². The highest BCUT2D eigenvalue weighted by molar-refractivity contribution is 5.14. The zero-order valence-corrected chi connectivity index (χ0v) is 32.0. The molecule has 0 spiro atoms. The Morgan fingerprint density at radius 1 is 0.426 bits per heavy atom. The van der Waals surface area contributed by atoms with Crippen molar-refractivity contribution >= 4 is 0 Å². The van der Waals surface area contributed by atoms with Crippen LogP contribution >= 0.6 is 0 Å². The average Bonchev–Trinajstić information content (AvgIpc) is 3.48. The van der Waals surface area contributed by atoms with Gasteiger partial charge in [0.1, 0.15) is 12.4 Å². The highest BCUT2D eigenvalue weighted by atomic mass is 15.1. The predicted octanol–water partition coefficient (Wildman–Crippen LogP) is 14.3. The van der Waals surface area contributed by atoms with E-state index in [2.05, 4.69) is 65.7 Å². The van der Waals surface area contributed by atoms with Crippen LogP contribution in [-0.4, -0.2) is 4.57 Å². The van der Waals surface area contributed by atoms with Crippen molar-refractivity contribution in [3.63, 3.8) is 0 Å². The van der Waals surface area contributed by atoms with E-state index in [1.54, 1.807) is 5.82 Å². The van der Waals surface area contributed by atoms with E-state index in [1.807, 2.05) is 0 Å². The molecule has 0 amide bonds. The van der Waals surface area contributed by atoms with Crippen molar-refractivity contribution in [1.29, 1.82) is 0 Å². The predicted molar refractivity (Wildman–Crippen MR) is 208 cm³/mol. The Morgan fingerprint density at radius 2 is 0.830 bits per heavy atom. The summed E-state index contributed by atoms with van der Waals surface area (Å²) in [7, 11) is 0. The highest BCUT2D eigenvalue weighted by Crippen LogP contribution is 2.16. The van der Waals surface area contributed by atoms with Crippen LogP contribution in [0.3, 0.4) is 0 Å². The smallest absolute Gasteiger partial charge is 0.234 e. The number of aromatic nitrogens is 2. The number of hydrogen-bond donors (Lipinski definition) is 0. The topological polar surface area (TPSA) is 8.81 Å². The molecule has 1 heterocycles. The van der Waals surface area contributed by atoms with Crippen LogP contribution in [0.2, 0.25) is 0 Å². The largest absolute Gasteiger partial charge is 0.256 e. The van der Waals surface area contributed by atoms with Gasteiger partial charge in [-0.3, -0.25) is 0 Å². The van der Waals surface area contributed by atoms with Gasteiger partial charge in [-0.05, 0) is 37.7 Å².